The maximum atomic E-state index is 12.2. The zero-order valence-corrected chi connectivity index (χ0v) is 11.5. The van der Waals surface area contributed by atoms with Crippen molar-refractivity contribution >= 4 is 5.91 Å². The van der Waals surface area contributed by atoms with E-state index in [0.29, 0.717) is 31.2 Å². The van der Waals surface area contributed by atoms with E-state index in [9.17, 15) is 9.90 Å². The third-order valence-corrected chi connectivity index (χ3v) is 4.94. The molecule has 1 heterocycles. The maximum absolute atomic E-state index is 12.2. The molecule has 0 aromatic heterocycles. The van der Waals surface area contributed by atoms with E-state index >= 15 is 0 Å². The summed E-state index contributed by atoms with van der Waals surface area (Å²) in [6, 6.07) is -0.0320. The van der Waals surface area contributed by atoms with Gasteiger partial charge in [0.05, 0.1) is 11.6 Å². The highest BCUT2D eigenvalue weighted by atomic mass is 16.3. The topological polar surface area (TPSA) is 61.4 Å². The van der Waals surface area contributed by atoms with Gasteiger partial charge in [0.1, 0.15) is 0 Å². The highest BCUT2D eigenvalue weighted by Gasteiger charge is 2.42. The monoisotopic (exact) mass is 254 g/mol. The average Bonchev–Trinajstić information content (AvgIpc) is 2.97. The molecule has 104 valence electrons. The number of nitrogens with one attached hydrogen (secondary N) is 2. The van der Waals surface area contributed by atoms with E-state index in [1.54, 1.807) is 0 Å². The molecule has 0 radical (unpaired) electrons. The van der Waals surface area contributed by atoms with Crippen molar-refractivity contribution in [2.45, 2.75) is 57.6 Å². The minimum atomic E-state index is -0.747. The van der Waals surface area contributed by atoms with E-state index in [1.807, 2.05) is 13.8 Å². The molecule has 3 atom stereocenters. The Morgan fingerprint density at radius 1 is 1.39 bits per heavy atom. The summed E-state index contributed by atoms with van der Waals surface area (Å²) in [5.74, 6) is 1.28. The molecule has 1 aliphatic carbocycles. The lowest BCUT2D eigenvalue weighted by atomic mass is 9.93. The predicted octanol–water partition coefficient (Wildman–Crippen LogP) is 1.04. The molecule has 0 aromatic rings. The summed E-state index contributed by atoms with van der Waals surface area (Å²) in [5, 5.41) is 16.4. The molecule has 0 aromatic carbocycles. The van der Waals surface area contributed by atoms with Crippen molar-refractivity contribution < 1.29 is 9.90 Å². The largest absolute Gasteiger partial charge is 0.388 e. The van der Waals surface area contributed by atoms with Crippen molar-refractivity contribution in [2.75, 3.05) is 13.1 Å². The van der Waals surface area contributed by atoms with Crippen molar-refractivity contribution in [3.63, 3.8) is 0 Å². The zero-order chi connectivity index (χ0) is 13.2. The molecule has 1 saturated heterocycles. The van der Waals surface area contributed by atoms with Crippen molar-refractivity contribution in [3.05, 3.63) is 0 Å². The third kappa shape index (κ3) is 2.69. The quantitative estimate of drug-likeness (QED) is 0.687. The fourth-order valence-electron chi connectivity index (χ4n) is 3.34. The first-order valence-corrected chi connectivity index (χ1v) is 7.33. The molecule has 3 N–H and O–H groups in total. The average molecular weight is 254 g/mol. The lowest BCUT2D eigenvalue weighted by Crippen LogP contribution is -2.49. The van der Waals surface area contributed by atoms with Gasteiger partial charge in [-0.2, -0.15) is 0 Å². The van der Waals surface area contributed by atoms with Gasteiger partial charge in [-0.3, -0.25) is 4.79 Å². The molecule has 1 aliphatic heterocycles. The van der Waals surface area contributed by atoms with Crippen molar-refractivity contribution in [1.29, 1.82) is 0 Å². The first-order valence-electron chi connectivity index (χ1n) is 7.33. The number of rotatable bonds is 5. The Kier molecular flexibility index (Phi) is 4.28. The standard InChI is InChI=1S/C14H26N2O2/c1-3-14(18,4-2)9-16-13(17)12-11-7-5-6-10(11)8-15-12/h10-12,15,18H,3-9H2,1-2H3,(H,16,17). The van der Waals surface area contributed by atoms with Gasteiger partial charge in [-0.25, -0.2) is 0 Å². The fourth-order valence-corrected chi connectivity index (χ4v) is 3.34. The van der Waals surface area contributed by atoms with Crippen LogP contribution in [0.1, 0.15) is 46.0 Å². The highest BCUT2D eigenvalue weighted by Crippen LogP contribution is 2.37. The van der Waals surface area contributed by atoms with Crippen LogP contribution < -0.4 is 10.6 Å². The number of fused-ring (bicyclic) bond motifs is 1. The minimum absolute atomic E-state index is 0.0320. The lowest BCUT2D eigenvalue weighted by Gasteiger charge is -2.27. The molecule has 18 heavy (non-hydrogen) atoms. The SMILES string of the molecule is CCC(O)(CC)CNC(=O)C1NCC2CCCC21. The summed E-state index contributed by atoms with van der Waals surface area (Å²) in [4.78, 5) is 12.2. The van der Waals surface area contributed by atoms with Crippen LogP contribution in [0.2, 0.25) is 0 Å². The third-order valence-electron chi connectivity index (χ3n) is 4.94. The number of hydrogen-bond acceptors (Lipinski definition) is 3. The van der Waals surface area contributed by atoms with Crippen molar-refractivity contribution in [2.24, 2.45) is 11.8 Å². The Bertz CT molecular complexity index is 302. The van der Waals surface area contributed by atoms with Crippen LogP contribution >= 0.6 is 0 Å². The summed E-state index contributed by atoms with van der Waals surface area (Å²) in [6.45, 7) is 5.26. The molecule has 2 rings (SSSR count). The Morgan fingerprint density at radius 3 is 2.78 bits per heavy atom. The maximum Gasteiger partial charge on any atom is 0.237 e. The second kappa shape index (κ2) is 5.57. The van der Waals surface area contributed by atoms with E-state index in [4.69, 9.17) is 0 Å². The molecule has 0 spiro atoms. The molecule has 1 amide bonds. The molecule has 1 saturated carbocycles. The second-order valence-electron chi connectivity index (χ2n) is 5.89. The van der Waals surface area contributed by atoms with E-state index in [2.05, 4.69) is 10.6 Å². The van der Waals surface area contributed by atoms with Crippen LogP contribution in [-0.4, -0.2) is 35.7 Å². The van der Waals surface area contributed by atoms with Crippen LogP contribution in [0.3, 0.4) is 0 Å². The molecular formula is C14H26N2O2. The fraction of sp³-hybridized carbons (Fsp3) is 0.929. The number of amides is 1. The van der Waals surface area contributed by atoms with Gasteiger partial charge in [-0.1, -0.05) is 20.3 Å². The van der Waals surface area contributed by atoms with E-state index in [1.165, 1.54) is 19.3 Å². The highest BCUT2D eigenvalue weighted by molar-refractivity contribution is 5.82. The summed E-state index contributed by atoms with van der Waals surface area (Å²) in [7, 11) is 0. The van der Waals surface area contributed by atoms with Crippen LogP contribution in [-0.2, 0) is 4.79 Å². The van der Waals surface area contributed by atoms with Crippen LogP contribution in [0, 0.1) is 11.8 Å². The first-order chi connectivity index (χ1) is 8.59. The van der Waals surface area contributed by atoms with E-state index in [-0.39, 0.29) is 11.9 Å². The van der Waals surface area contributed by atoms with Crippen molar-refractivity contribution in [3.8, 4) is 0 Å². The van der Waals surface area contributed by atoms with Gasteiger partial charge in [0.25, 0.3) is 0 Å². The van der Waals surface area contributed by atoms with Crippen LogP contribution in [0.25, 0.3) is 0 Å². The number of hydrogen-bond donors (Lipinski definition) is 3. The minimum Gasteiger partial charge on any atom is -0.388 e. The summed E-state index contributed by atoms with van der Waals surface area (Å²) in [5.41, 5.74) is -0.747. The summed E-state index contributed by atoms with van der Waals surface area (Å²) < 4.78 is 0. The normalized spacial score (nSPS) is 31.4. The summed E-state index contributed by atoms with van der Waals surface area (Å²) >= 11 is 0. The molecule has 2 aliphatic rings. The number of aliphatic hydroxyl groups is 1. The Labute approximate surface area is 110 Å². The molecule has 3 unspecified atom stereocenters. The molecule has 0 bridgehead atoms. The zero-order valence-electron chi connectivity index (χ0n) is 11.5. The molecule has 4 nitrogen and oxygen atoms in total. The molecule has 4 heteroatoms. The van der Waals surface area contributed by atoms with Gasteiger partial charge in [-0.15, -0.1) is 0 Å². The molecular weight excluding hydrogens is 228 g/mol. The van der Waals surface area contributed by atoms with Gasteiger partial charge in [0.2, 0.25) is 5.91 Å². The Morgan fingerprint density at radius 2 is 2.11 bits per heavy atom. The second-order valence-corrected chi connectivity index (χ2v) is 5.89. The Balaban J connectivity index is 1.85. The van der Waals surface area contributed by atoms with Crippen molar-refractivity contribution in [1.82, 2.24) is 10.6 Å². The first kappa shape index (κ1) is 13.8. The van der Waals surface area contributed by atoms with Gasteiger partial charge in [0.15, 0.2) is 0 Å². The number of carbonyl (C=O) groups is 1. The van der Waals surface area contributed by atoms with Crippen LogP contribution in [0.15, 0.2) is 0 Å². The number of carbonyl (C=O) groups excluding carboxylic acids is 1. The van der Waals surface area contributed by atoms with Crippen LogP contribution in [0.4, 0.5) is 0 Å². The molecule has 2 fully saturated rings. The van der Waals surface area contributed by atoms with Crippen LogP contribution in [0.5, 0.6) is 0 Å². The smallest absolute Gasteiger partial charge is 0.237 e. The van der Waals surface area contributed by atoms with Gasteiger partial charge >= 0.3 is 0 Å². The van der Waals surface area contributed by atoms with E-state index < -0.39 is 5.60 Å². The van der Waals surface area contributed by atoms with Gasteiger partial charge in [0, 0.05) is 6.54 Å². The van der Waals surface area contributed by atoms with Gasteiger partial charge < -0.3 is 15.7 Å². The summed E-state index contributed by atoms with van der Waals surface area (Å²) in [6.07, 6.45) is 5.04. The lowest BCUT2D eigenvalue weighted by molar-refractivity contribution is -0.125. The predicted molar refractivity (Wildman–Crippen MR) is 71.2 cm³/mol. The van der Waals surface area contributed by atoms with Gasteiger partial charge in [-0.05, 0) is 44.1 Å². The Hall–Kier alpha value is -0.610. The van der Waals surface area contributed by atoms with E-state index in [0.717, 1.165) is 6.54 Å².